The first-order valence-electron chi connectivity index (χ1n) is 10.4. The molecule has 0 spiro atoms. The molecule has 0 saturated heterocycles. The zero-order chi connectivity index (χ0) is 22.6. The van der Waals surface area contributed by atoms with Crippen LogP contribution in [0.5, 0.6) is 0 Å². The van der Waals surface area contributed by atoms with Gasteiger partial charge in [-0.05, 0) is 55.9 Å². The Kier molecular flexibility index (Phi) is 6.93. The van der Waals surface area contributed by atoms with Crippen LogP contribution in [0.2, 0.25) is 0 Å². The first kappa shape index (κ1) is 23.1. The van der Waals surface area contributed by atoms with Crippen LogP contribution in [0.4, 0.5) is 10.5 Å². The molecule has 2 fully saturated rings. The van der Waals surface area contributed by atoms with E-state index in [0.717, 1.165) is 24.8 Å². The SMILES string of the molecule is C=C(N[C@H](N)/C=C(\N)C1(S(=O)(=O)CCO)CC1)c1ccc(NC(=O)NC2CCC2)cc1. The first-order chi connectivity index (χ1) is 14.7. The molecule has 0 aliphatic heterocycles. The summed E-state index contributed by atoms with van der Waals surface area (Å²) in [6, 6.07) is 7.16. The molecule has 1 aromatic carbocycles. The summed E-state index contributed by atoms with van der Waals surface area (Å²) in [5.74, 6) is -0.323. The third kappa shape index (κ3) is 5.38. The number of hydrogen-bond donors (Lipinski definition) is 6. The monoisotopic (exact) mass is 449 g/mol. The van der Waals surface area contributed by atoms with Gasteiger partial charge in [-0.15, -0.1) is 0 Å². The Morgan fingerprint density at radius 3 is 2.45 bits per heavy atom. The van der Waals surface area contributed by atoms with Crippen LogP contribution in [0.15, 0.2) is 42.6 Å². The number of hydrogen-bond acceptors (Lipinski definition) is 7. The van der Waals surface area contributed by atoms with Crippen molar-refractivity contribution in [1.82, 2.24) is 10.6 Å². The Morgan fingerprint density at radius 2 is 1.94 bits per heavy atom. The fourth-order valence-corrected chi connectivity index (χ4v) is 5.32. The minimum Gasteiger partial charge on any atom is -0.401 e. The normalized spacial score (nSPS) is 19.1. The smallest absolute Gasteiger partial charge is 0.319 e. The average Bonchev–Trinajstić information content (AvgIpc) is 3.48. The van der Waals surface area contributed by atoms with E-state index in [1.807, 2.05) is 0 Å². The lowest BCUT2D eigenvalue weighted by atomic mass is 9.93. The zero-order valence-electron chi connectivity index (χ0n) is 17.4. The van der Waals surface area contributed by atoms with Crippen molar-refractivity contribution >= 4 is 27.3 Å². The molecule has 0 aromatic heterocycles. The van der Waals surface area contributed by atoms with Gasteiger partial charge in [-0.25, -0.2) is 13.2 Å². The summed E-state index contributed by atoms with van der Waals surface area (Å²) >= 11 is 0. The topological polar surface area (TPSA) is 160 Å². The number of nitrogens with one attached hydrogen (secondary N) is 3. The fourth-order valence-electron chi connectivity index (χ4n) is 3.54. The molecule has 170 valence electrons. The predicted molar refractivity (Wildman–Crippen MR) is 121 cm³/mol. The molecule has 0 heterocycles. The summed E-state index contributed by atoms with van der Waals surface area (Å²) < 4.78 is 23.6. The van der Waals surface area contributed by atoms with Crippen LogP contribution >= 0.6 is 0 Å². The van der Waals surface area contributed by atoms with Crippen LogP contribution in [0.25, 0.3) is 5.70 Å². The molecule has 1 aromatic rings. The number of aliphatic hydroxyl groups is 1. The standard InChI is InChI=1S/C21H31N5O4S/c1-14(15-5-7-17(8-6-15)26-20(28)25-16-3-2-4-16)24-19(23)13-18(22)21(9-10-21)31(29,30)12-11-27/h5-8,13,16,19,24,27H,1-4,9-12,22-23H2,(H2,25,26,28)/b18-13-/t19-/m0/s1. The number of amides is 2. The largest absolute Gasteiger partial charge is 0.401 e. The molecular formula is C21H31N5O4S. The van der Waals surface area contributed by atoms with E-state index < -0.39 is 27.4 Å². The van der Waals surface area contributed by atoms with Crippen molar-refractivity contribution in [1.29, 1.82) is 0 Å². The number of sulfone groups is 1. The van der Waals surface area contributed by atoms with Crippen LogP contribution < -0.4 is 27.4 Å². The Morgan fingerprint density at radius 1 is 1.29 bits per heavy atom. The van der Waals surface area contributed by atoms with E-state index in [1.165, 1.54) is 6.08 Å². The Bertz CT molecular complexity index is 950. The van der Waals surface area contributed by atoms with Crippen molar-refractivity contribution < 1.29 is 18.3 Å². The highest BCUT2D eigenvalue weighted by Gasteiger charge is 2.56. The van der Waals surface area contributed by atoms with Gasteiger partial charge in [-0.1, -0.05) is 18.7 Å². The van der Waals surface area contributed by atoms with E-state index in [-0.39, 0.29) is 23.5 Å². The molecule has 31 heavy (non-hydrogen) atoms. The van der Waals surface area contributed by atoms with Crippen LogP contribution in [0.1, 0.15) is 37.7 Å². The molecule has 3 rings (SSSR count). The lowest BCUT2D eigenvalue weighted by Crippen LogP contribution is -2.41. The van der Waals surface area contributed by atoms with Crippen LogP contribution in [0.3, 0.4) is 0 Å². The number of rotatable bonds is 10. The van der Waals surface area contributed by atoms with Gasteiger partial charge in [0.1, 0.15) is 4.75 Å². The van der Waals surface area contributed by atoms with Gasteiger partial charge in [-0.2, -0.15) is 0 Å². The van der Waals surface area contributed by atoms with Crippen molar-refractivity contribution in [3.63, 3.8) is 0 Å². The number of aliphatic hydroxyl groups excluding tert-OH is 1. The zero-order valence-corrected chi connectivity index (χ0v) is 18.2. The summed E-state index contributed by atoms with van der Waals surface area (Å²) in [6.45, 7) is 3.53. The minimum atomic E-state index is -3.53. The maximum atomic E-state index is 12.4. The number of carbonyl (C=O) groups is 1. The van der Waals surface area contributed by atoms with Gasteiger partial charge in [0.25, 0.3) is 0 Å². The highest BCUT2D eigenvalue weighted by molar-refractivity contribution is 7.93. The number of urea groups is 1. The van der Waals surface area contributed by atoms with Crippen molar-refractivity contribution in [3.8, 4) is 0 Å². The van der Waals surface area contributed by atoms with Gasteiger partial charge in [0, 0.05) is 23.1 Å². The highest BCUT2D eigenvalue weighted by atomic mass is 32.2. The molecular weight excluding hydrogens is 418 g/mol. The molecule has 8 N–H and O–H groups in total. The molecule has 10 heteroatoms. The fraction of sp³-hybridized carbons (Fsp3) is 0.476. The number of benzene rings is 1. The Balaban J connectivity index is 1.55. The van der Waals surface area contributed by atoms with Crippen molar-refractivity contribution in [2.45, 2.75) is 49.1 Å². The van der Waals surface area contributed by atoms with Crippen LogP contribution in [0, 0.1) is 0 Å². The van der Waals surface area contributed by atoms with Crippen molar-refractivity contribution in [2.24, 2.45) is 11.5 Å². The second-order valence-electron chi connectivity index (χ2n) is 8.11. The van der Waals surface area contributed by atoms with E-state index in [4.69, 9.17) is 16.6 Å². The summed E-state index contributed by atoms with van der Waals surface area (Å²) in [5.41, 5.74) is 14.3. The van der Waals surface area contributed by atoms with Crippen molar-refractivity contribution in [3.05, 3.63) is 48.2 Å². The second-order valence-corrected chi connectivity index (χ2v) is 10.5. The second kappa shape index (κ2) is 9.29. The molecule has 9 nitrogen and oxygen atoms in total. The molecule has 2 saturated carbocycles. The molecule has 2 amide bonds. The molecule has 0 unspecified atom stereocenters. The number of carbonyl (C=O) groups excluding carboxylic acids is 1. The molecule has 0 bridgehead atoms. The average molecular weight is 450 g/mol. The van der Waals surface area contributed by atoms with Crippen molar-refractivity contribution in [2.75, 3.05) is 17.7 Å². The lowest BCUT2D eigenvalue weighted by Gasteiger charge is -2.26. The van der Waals surface area contributed by atoms with Gasteiger partial charge in [0.05, 0.1) is 18.5 Å². The Hall–Kier alpha value is -2.56. The van der Waals surface area contributed by atoms with Gasteiger partial charge < -0.3 is 32.5 Å². The third-order valence-electron chi connectivity index (χ3n) is 5.82. The van der Waals surface area contributed by atoms with E-state index in [2.05, 4.69) is 22.5 Å². The quantitative estimate of drug-likeness (QED) is 0.290. The number of anilines is 1. The van der Waals surface area contributed by atoms with Gasteiger partial charge in [-0.3, -0.25) is 0 Å². The molecule has 1 atom stereocenters. The van der Waals surface area contributed by atoms with Gasteiger partial charge in [0.2, 0.25) is 0 Å². The van der Waals surface area contributed by atoms with Crippen LogP contribution in [-0.2, 0) is 9.84 Å². The summed E-state index contributed by atoms with van der Waals surface area (Å²) in [4.78, 5) is 11.9. The van der Waals surface area contributed by atoms with E-state index in [0.29, 0.717) is 24.2 Å². The highest BCUT2D eigenvalue weighted by Crippen LogP contribution is 2.48. The van der Waals surface area contributed by atoms with Gasteiger partial charge >= 0.3 is 6.03 Å². The van der Waals surface area contributed by atoms with E-state index in [9.17, 15) is 13.2 Å². The molecule has 0 radical (unpaired) electrons. The minimum absolute atomic E-state index is 0.186. The molecule has 2 aliphatic rings. The lowest BCUT2D eigenvalue weighted by molar-refractivity contribution is 0.240. The third-order valence-corrected chi connectivity index (χ3v) is 8.37. The maximum Gasteiger partial charge on any atom is 0.319 e. The molecule has 2 aliphatic carbocycles. The first-order valence-corrected chi connectivity index (χ1v) is 12.0. The summed E-state index contributed by atoms with van der Waals surface area (Å²) in [7, 11) is -3.53. The maximum absolute atomic E-state index is 12.4. The Labute approximate surface area is 182 Å². The summed E-state index contributed by atoms with van der Waals surface area (Å²) in [6.07, 6.45) is 4.78. The van der Waals surface area contributed by atoms with E-state index in [1.54, 1.807) is 24.3 Å². The van der Waals surface area contributed by atoms with E-state index >= 15 is 0 Å². The van der Waals surface area contributed by atoms with Crippen LogP contribution in [-0.4, -0.2) is 48.9 Å². The summed E-state index contributed by atoms with van der Waals surface area (Å²) in [5, 5.41) is 17.7. The predicted octanol–water partition coefficient (Wildman–Crippen LogP) is 0.988. The number of nitrogens with two attached hydrogens (primary N) is 2. The van der Waals surface area contributed by atoms with Gasteiger partial charge in [0.15, 0.2) is 9.84 Å².